The maximum absolute atomic E-state index is 9.44. The van der Waals surface area contributed by atoms with Gasteiger partial charge < -0.3 is 10.2 Å². The summed E-state index contributed by atoms with van der Waals surface area (Å²) in [5.41, 5.74) is 0.861. The Morgan fingerprint density at radius 2 is 1.92 bits per heavy atom. The molecule has 0 aromatic heterocycles. The molecule has 2 N–H and O–H groups in total. The summed E-state index contributed by atoms with van der Waals surface area (Å²) in [7, 11) is 0. The van der Waals surface area contributed by atoms with Gasteiger partial charge >= 0.3 is 0 Å². The molecule has 0 aromatic rings. The second-order valence-electron chi connectivity index (χ2n) is 4.30. The summed E-state index contributed by atoms with van der Waals surface area (Å²) in [6.07, 6.45) is 3.91. The Morgan fingerprint density at radius 3 is 2.25 bits per heavy atom. The topological polar surface area (TPSA) is 40.5 Å². The van der Waals surface area contributed by atoms with E-state index in [0.717, 1.165) is 5.57 Å². The van der Waals surface area contributed by atoms with Crippen LogP contribution in [-0.4, -0.2) is 22.4 Å². The lowest BCUT2D eigenvalue weighted by molar-refractivity contribution is 0.0820. The van der Waals surface area contributed by atoms with Crippen LogP contribution >= 0.6 is 0 Å². The van der Waals surface area contributed by atoms with Gasteiger partial charge in [0.25, 0.3) is 0 Å². The van der Waals surface area contributed by atoms with E-state index in [1.807, 2.05) is 6.08 Å². The Labute approximate surface area is 73.2 Å². The van der Waals surface area contributed by atoms with Crippen LogP contribution in [0.15, 0.2) is 23.8 Å². The first-order valence-electron chi connectivity index (χ1n) is 4.17. The van der Waals surface area contributed by atoms with E-state index in [0.29, 0.717) is 0 Å². The normalized spacial score (nSPS) is 33.2. The maximum atomic E-state index is 9.44. The van der Waals surface area contributed by atoms with Gasteiger partial charge in [-0.05, 0) is 11.0 Å². The van der Waals surface area contributed by atoms with E-state index in [2.05, 4.69) is 20.8 Å². The summed E-state index contributed by atoms with van der Waals surface area (Å²) in [5, 5.41) is 18.6. The molecule has 68 valence electrons. The van der Waals surface area contributed by atoms with Crippen LogP contribution in [0.25, 0.3) is 0 Å². The van der Waals surface area contributed by atoms with Crippen LogP contribution in [0.3, 0.4) is 0 Å². The molecule has 0 radical (unpaired) electrons. The maximum Gasteiger partial charge on any atom is 0.108 e. The summed E-state index contributed by atoms with van der Waals surface area (Å²) < 4.78 is 0. The van der Waals surface area contributed by atoms with Crippen LogP contribution in [0.5, 0.6) is 0 Å². The average molecular weight is 168 g/mol. The zero-order valence-electron chi connectivity index (χ0n) is 7.78. The van der Waals surface area contributed by atoms with Gasteiger partial charge in [-0.1, -0.05) is 39.0 Å². The monoisotopic (exact) mass is 168 g/mol. The molecule has 0 saturated heterocycles. The number of aliphatic hydroxyl groups is 2. The number of rotatable bonds is 0. The van der Waals surface area contributed by atoms with E-state index in [9.17, 15) is 10.2 Å². The average Bonchev–Trinajstić information content (AvgIpc) is 2.16. The molecule has 2 atom stereocenters. The molecule has 0 heterocycles. The molecule has 1 rings (SSSR count). The highest BCUT2D eigenvalue weighted by Crippen LogP contribution is 2.24. The fraction of sp³-hybridized carbons (Fsp3) is 0.600. The van der Waals surface area contributed by atoms with Gasteiger partial charge in [-0.15, -0.1) is 0 Å². The fourth-order valence-corrected chi connectivity index (χ4v) is 1.24. The van der Waals surface area contributed by atoms with Gasteiger partial charge in [-0.2, -0.15) is 0 Å². The largest absolute Gasteiger partial charge is 0.386 e. The smallest absolute Gasteiger partial charge is 0.108 e. The summed E-state index contributed by atoms with van der Waals surface area (Å²) >= 11 is 0. The summed E-state index contributed by atoms with van der Waals surface area (Å²) in [6, 6.07) is 0. The van der Waals surface area contributed by atoms with Crippen molar-refractivity contribution in [3.63, 3.8) is 0 Å². The predicted octanol–water partition coefficient (Wildman–Crippen LogP) is 1.25. The molecule has 1 aliphatic rings. The number of allylic oxidation sites excluding steroid dienone is 1. The summed E-state index contributed by atoms with van der Waals surface area (Å²) in [5.74, 6) is 0. The second-order valence-corrected chi connectivity index (χ2v) is 4.30. The SMILES string of the molecule is CC(C)(C)C=C1C=C[C@H](O)[C@@H]1O. The molecule has 0 unspecified atom stereocenters. The van der Waals surface area contributed by atoms with Gasteiger partial charge in [0, 0.05) is 0 Å². The van der Waals surface area contributed by atoms with E-state index < -0.39 is 12.2 Å². The molecule has 1 aliphatic carbocycles. The van der Waals surface area contributed by atoms with Crippen LogP contribution in [0.1, 0.15) is 20.8 Å². The third-order valence-corrected chi connectivity index (χ3v) is 1.75. The van der Waals surface area contributed by atoms with Crippen molar-refractivity contribution in [1.82, 2.24) is 0 Å². The molecule has 0 saturated carbocycles. The van der Waals surface area contributed by atoms with Crippen molar-refractivity contribution >= 4 is 0 Å². The highest BCUT2D eigenvalue weighted by atomic mass is 16.3. The Balaban J connectivity index is 2.79. The van der Waals surface area contributed by atoms with Crippen molar-refractivity contribution in [2.75, 3.05) is 0 Å². The Morgan fingerprint density at radius 1 is 1.33 bits per heavy atom. The molecule has 0 aromatic carbocycles. The molecule has 0 spiro atoms. The minimum atomic E-state index is -0.732. The van der Waals surface area contributed by atoms with Crippen LogP contribution in [0.2, 0.25) is 0 Å². The number of hydrogen-bond donors (Lipinski definition) is 2. The molecule has 2 heteroatoms. The van der Waals surface area contributed by atoms with E-state index in [1.165, 1.54) is 0 Å². The van der Waals surface area contributed by atoms with Gasteiger partial charge in [0.2, 0.25) is 0 Å². The Hall–Kier alpha value is -0.600. The lowest BCUT2D eigenvalue weighted by atomic mass is 9.92. The number of aliphatic hydroxyl groups excluding tert-OH is 2. The summed E-state index contributed by atoms with van der Waals surface area (Å²) in [4.78, 5) is 0. The highest BCUT2D eigenvalue weighted by molar-refractivity contribution is 5.33. The number of hydrogen-bond acceptors (Lipinski definition) is 2. The van der Waals surface area contributed by atoms with Gasteiger partial charge in [-0.25, -0.2) is 0 Å². The second kappa shape index (κ2) is 3.04. The fourth-order valence-electron chi connectivity index (χ4n) is 1.24. The Kier molecular flexibility index (Phi) is 2.40. The van der Waals surface area contributed by atoms with Crippen LogP contribution in [-0.2, 0) is 0 Å². The Bertz CT molecular complexity index is 220. The van der Waals surface area contributed by atoms with E-state index in [1.54, 1.807) is 12.2 Å². The minimum absolute atomic E-state index is 0.0463. The van der Waals surface area contributed by atoms with E-state index in [4.69, 9.17) is 0 Å². The molecule has 0 aliphatic heterocycles. The van der Waals surface area contributed by atoms with Crippen molar-refractivity contribution in [2.24, 2.45) is 5.41 Å². The molecule has 0 bridgehead atoms. The zero-order chi connectivity index (χ0) is 9.35. The quantitative estimate of drug-likeness (QED) is 0.571. The molecule has 0 amide bonds. The molecular weight excluding hydrogens is 152 g/mol. The van der Waals surface area contributed by atoms with Gasteiger partial charge in [0.05, 0.1) is 0 Å². The molecule has 2 nitrogen and oxygen atoms in total. The van der Waals surface area contributed by atoms with Crippen LogP contribution in [0, 0.1) is 5.41 Å². The third-order valence-electron chi connectivity index (χ3n) is 1.75. The highest BCUT2D eigenvalue weighted by Gasteiger charge is 2.23. The summed E-state index contributed by atoms with van der Waals surface area (Å²) in [6.45, 7) is 6.18. The van der Waals surface area contributed by atoms with Crippen molar-refractivity contribution < 1.29 is 10.2 Å². The van der Waals surface area contributed by atoms with Crippen LogP contribution < -0.4 is 0 Å². The van der Waals surface area contributed by atoms with Crippen LogP contribution in [0.4, 0.5) is 0 Å². The molecular formula is C10H16O2. The first kappa shape index (κ1) is 9.49. The first-order valence-corrected chi connectivity index (χ1v) is 4.17. The van der Waals surface area contributed by atoms with Gasteiger partial charge in [0.15, 0.2) is 0 Å². The lowest BCUT2D eigenvalue weighted by Crippen LogP contribution is -2.21. The lowest BCUT2D eigenvalue weighted by Gasteiger charge is -2.16. The van der Waals surface area contributed by atoms with Crippen molar-refractivity contribution in [2.45, 2.75) is 33.0 Å². The van der Waals surface area contributed by atoms with Gasteiger partial charge in [-0.3, -0.25) is 0 Å². The molecule has 0 fully saturated rings. The van der Waals surface area contributed by atoms with E-state index >= 15 is 0 Å². The molecule has 12 heavy (non-hydrogen) atoms. The van der Waals surface area contributed by atoms with Gasteiger partial charge in [0.1, 0.15) is 12.2 Å². The van der Waals surface area contributed by atoms with E-state index in [-0.39, 0.29) is 5.41 Å². The van der Waals surface area contributed by atoms with Crippen molar-refractivity contribution in [3.05, 3.63) is 23.8 Å². The van der Waals surface area contributed by atoms with Crippen molar-refractivity contribution in [1.29, 1.82) is 0 Å². The first-order chi connectivity index (χ1) is 5.40. The zero-order valence-corrected chi connectivity index (χ0v) is 7.78. The predicted molar refractivity (Wildman–Crippen MR) is 48.7 cm³/mol. The standard InChI is InChI=1S/C10H16O2/c1-10(2,3)6-7-4-5-8(11)9(7)12/h4-6,8-9,11-12H,1-3H3/t8-,9+/m0/s1. The third kappa shape index (κ3) is 2.19. The minimum Gasteiger partial charge on any atom is -0.386 e. The van der Waals surface area contributed by atoms with Crippen molar-refractivity contribution in [3.8, 4) is 0 Å².